The zero-order valence-electron chi connectivity index (χ0n) is 14.6. The van der Waals surface area contributed by atoms with Crippen molar-refractivity contribution in [3.8, 4) is 5.75 Å². The summed E-state index contributed by atoms with van der Waals surface area (Å²) in [5.41, 5.74) is 4.00. The lowest BCUT2D eigenvalue weighted by Gasteiger charge is -2.38. The second-order valence-electron chi connectivity index (χ2n) is 6.86. The van der Waals surface area contributed by atoms with Crippen LogP contribution in [0.4, 0.5) is 4.39 Å². The van der Waals surface area contributed by atoms with Crippen molar-refractivity contribution < 1.29 is 9.13 Å². The molecule has 3 aromatic carbocycles. The normalized spacial score (nSPS) is 20.2. The molecule has 3 aromatic rings. The molecular weight excluding hydrogens is 487 g/mol. The van der Waals surface area contributed by atoms with E-state index in [0.29, 0.717) is 0 Å². The SMILES string of the molecule is Fc1ccc(C2=NN3[C@@H](C2)c2cc(Br)ccc2O[C@H]3c2ccc(Br)cc2)cc1. The monoisotopic (exact) mass is 500 g/mol. The van der Waals surface area contributed by atoms with E-state index in [0.717, 1.165) is 43.5 Å². The third kappa shape index (κ3) is 3.14. The molecule has 0 saturated carbocycles. The van der Waals surface area contributed by atoms with Crippen LogP contribution in [0, 0.1) is 5.82 Å². The molecule has 0 saturated heterocycles. The van der Waals surface area contributed by atoms with Gasteiger partial charge in [0.25, 0.3) is 0 Å². The molecule has 0 amide bonds. The van der Waals surface area contributed by atoms with Gasteiger partial charge < -0.3 is 4.74 Å². The minimum Gasteiger partial charge on any atom is -0.464 e. The van der Waals surface area contributed by atoms with Gasteiger partial charge in [-0.1, -0.05) is 56.1 Å². The van der Waals surface area contributed by atoms with E-state index in [4.69, 9.17) is 9.84 Å². The number of halogens is 3. The molecule has 0 bridgehead atoms. The summed E-state index contributed by atoms with van der Waals surface area (Å²) < 4.78 is 21.7. The van der Waals surface area contributed by atoms with E-state index in [1.165, 1.54) is 12.1 Å². The van der Waals surface area contributed by atoms with Crippen LogP contribution in [0.5, 0.6) is 5.75 Å². The summed E-state index contributed by atoms with van der Waals surface area (Å²) in [7, 11) is 0. The number of rotatable bonds is 2. The van der Waals surface area contributed by atoms with E-state index < -0.39 is 0 Å². The molecule has 0 spiro atoms. The molecule has 0 unspecified atom stereocenters. The number of hydrogen-bond acceptors (Lipinski definition) is 3. The maximum Gasteiger partial charge on any atom is 0.213 e. The zero-order chi connectivity index (χ0) is 19.3. The fourth-order valence-electron chi connectivity index (χ4n) is 3.72. The molecule has 0 aromatic heterocycles. The maximum atomic E-state index is 13.3. The molecule has 2 heterocycles. The van der Waals surface area contributed by atoms with Crippen molar-refractivity contribution in [3.63, 3.8) is 0 Å². The van der Waals surface area contributed by atoms with E-state index in [1.807, 2.05) is 41.4 Å². The van der Waals surface area contributed by atoms with E-state index in [1.54, 1.807) is 12.1 Å². The van der Waals surface area contributed by atoms with Crippen LogP contribution in [-0.2, 0) is 0 Å². The van der Waals surface area contributed by atoms with E-state index in [2.05, 4.69) is 37.9 Å². The first kappa shape index (κ1) is 17.9. The highest BCUT2D eigenvalue weighted by molar-refractivity contribution is 9.10. The van der Waals surface area contributed by atoms with Crippen molar-refractivity contribution in [1.82, 2.24) is 5.01 Å². The van der Waals surface area contributed by atoms with Crippen molar-refractivity contribution in [1.29, 1.82) is 0 Å². The first-order valence-electron chi connectivity index (χ1n) is 8.92. The Kier molecular flexibility index (Phi) is 4.48. The van der Waals surface area contributed by atoms with Gasteiger partial charge in [0.1, 0.15) is 11.6 Å². The average Bonchev–Trinajstić information content (AvgIpc) is 3.14. The Bertz CT molecular complexity index is 1070. The van der Waals surface area contributed by atoms with Crippen LogP contribution in [0.2, 0.25) is 0 Å². The first-order valence-corrected chi connectivity index (χ1v) is 10.5. The molecule has 0 N–H and O–H groups in total. The number of nitrogens with zero attached hydrogens (tertiary/aromatic N) is 2. The molecule has 0 radical (unpaired) electrons. The predicted molar refractivity (Wildman–Crippen MR) is 114 cm³/mol. The van der Waals surface area contributed by atoms with Crippen molar-refractivity contribution in [2.75, 3.05) is 0 Å². The van der Waals surface area contributed by atoms with Crippen LogP contribution in [0.1, 0.15) is 35.4 Å². The van der Waals surface area contributed by atoms with Crippen LogP contribution in [0.25, 0.3) is 0 Å². The lowest BCUT2D eigenvalue weighted by Crippen LogP contribution is -2.33. The average molecular weight is 502 g/mol. The van der Waals surface area contributed by atoms with Crippen molar-refractivity contribution in [3.05, 3.63) is 98.2 Å². The lowest BCUT2D eigenvalue weighted by molar-refractivity contribution is -0.0190. The van der Waals surface area contributed by atoms with Crippen molar-refractivity contribution >= 4 is 37.6 Å². The topological polar surface area (TPSA) is 24.8 Å². The Morgan fingerprint density at radius 3 is 2.39 bits per heavy atom. The van der Waals surface area contributed by atoms with E-state index >= 15 is 0 Å². The molecule has 3 nitrogen and oxygen atoms in total. The molecule has 0 aliphatic carbocycles. The zero-order valence-corrected chi connectivity index (χ0v) is 17.8. The number of hydrogen-bond donors (Lipinski definition) is 0. The maximum absolute atomic E-state index is 13.3. The van der Waals surface area contributed by atoms with Gasteiger partial charge in [-0.2, -0.15) is 5.10 Å². The van der Waals surface area contributed by atoms with Gasteiger partial charge in [0.15, 0.2) is 0 Å². The summed E-state index contributed by atoms with van der Waals surface area (Å²) in [5, 5.41) is 6.92. The van der Waals surface area contributed by atoms with Gasteiger partial charge in [-0.3, -0.25) is 0 Å². The summed E-state index contributed by atoms with van der Waals surface area (Å²) in [6.45, 7) is 0. The Hall–Kier alpha value is -2.18. The first-order chi connectivity index (χ1) is 13.6. The van der Waals surface area contributed by atoms with Crippen LogP contribution in [-0.4, -0.2) is 10.7 Å². The summed E-state index contributed by atoms with van der Waals surface area (Å²) in [6, 6.07) is 20.8. The van der Waals surface area contributed by atoms with Crippen molar-refractivity contribution in [2.24, 2.45) is 5.10 Å². The Morgan fingerprint density at radius 1 is 0.929 bits per heavy atom. The van der Waals surface area contributed by atoms with Crippen LogP contribution >= 0.6 is 31.9 Å². The van der Waals surface area contributed by atoms with Crippen LogP contribution in [0.3, 0.4) is 0 Å². The molecule has 5 rings (SSSR count). The molecule has 2 atom stereocenters. The number of benzene rings is 3. The molecule has 0 fully saturated rings. The van der Waals surface area contributed by atoms with Gasteiger partial charge in [0, 0.05) is 26.5 Å². The van der Waals surface area contributed by atoms with Gasteiger partial charge in [-0.05, 0) is 48.0 Å². The Balaban J connectivity index is 1.59. The lowest BCUT2D eigenvalue weighted by atomic mass is 9.96. The Morgan fingerprint density at radius 2 is 1.64 bits per heavy atom. The Labute approximate surface area is 179 Å². The number of hydrazone groups is 1. The number of fused-ring (bicyclic) bond motifs is 3. The molecule has 28 heavy (non-hydrogen) atoms. The third-order valence-electron chi connectivity index (χ3n) is 5.08. The summed E-state index contributed by atoms with van der Waals surface area (Å²) in [5.74, 6) is 0.623. The van der Waals surface area contributed by atoms with Gasteiger partial charge in [-0.15, -0.1) is 0 Å². The molecule has 2 aliphatic heterocycles. The van der Waals surface area contributed by atoms with Gasteiger partial charge in [-0.25, -0.2) is 9.40 Å². The fraction of sp³-hybridized carbons (Fsp3) is 0.136. The largest absolute Gasteiger partial charge is 0.464 e. The highest BCUT2D eigenvalue weighted by Gasteiger charge is 2.41. The molecule has 140 valence electrons. The van der Waals surface area contributed by atoms with Gasteiger partial charge in [0.05, 0.1) is 11.8 Å². The van der Waals surface area contributed by atoms with Gasteiger partial charge in [0.2, 0.25) is 6.23 Å². The minimum atomic E-state index is -0.315. The molecular formula is C22H15Br2FN2O. The fourth-order valence-corrected chi connectivity index (χ4v) is 4.37. The second kappa shape index (κ2) is 7.01. The molecule has 2 aliphatic rings. The smallest absolute Gasteiger partial charge is 0.213 e. The van der Waals surface area contributed by atoms with Crippen molar-refractivity contribution in [2.45, 2.75) is 18.7 Å². The summed E-state index contributed by atoms with van der Waals surface area (Å²) in [4.78, 5) is 0. The van der Waals surface area contributed by atoms with Crippen LogP contribution < -0.4 is 4.74 Å². The summed E-state index contributed by atoms with van der Waals surface area (Å²) >= 11 is 7.05. The molecule has 6 heteroatoms. The second-order valence-corrected chi connectivity index (χ2v) is 8.69. The highest BCUT2D eigenvalue weighted by atomic mass is 79.9. The van der Waals surface area contributed by atoms with E-state index in [9.17, 15) is 4.39 Å². The van der Waals surface area contributed by atoms with Crippen LogP contribution in [0.15, 0.2) is 80.8 Å². The quantitative estimate of drug-likeness (QED) is 0.395. The van der Waals surface area contributed by atoms with E-state index in [-0.39, 0.29) is 18.1 Å². The third-order valence-corrected chi connectivity index (χ3v) is 6.11. The predicted octanol–water partition coefficient (Wildman–Crippen LogP) is 6.59. The highest BCUT2D eigenvalue weighted by Crippen LogP contribution is 2.48. The minimum absolute atomic E-state index is 0.0648. The summed E-state index contributed by atoms with van der Waals surface area (Å²) in [6.07, 6.45) is 0.426. The number of ether oxygens (including phenoxy) is 1. The standard InChI is InChI=1S/C22H15Br2FN2O/c23-15-5-1-14(2-6-15)22-27-20(18-11-16(24)7-10-21(18)28-22)12-19(26-27)13-3-8-17(25)9-4-13/h1-11,20,22H,12H2/t20-,22-/m0/s1. The van der Waals surface area contributed by atoms with Gasteiger partial charge >= 0.3 is 0 Å².